The molecule has 0 aliphatic carbocycles. The molecule has 0 radical (unpaired) electrons. The van der Waals surface area contributed by atoms with E-state index >= 15 is 0 Å². The lowest BCUT2D eigenvalue weighted by atomic mass is 10.00. The van der Waals surface area contributed by atoms with E-state index in [2.05, 4.69) is 5.32 Å². The van der Waals surface area contributed by atoms with Gasteiger partial charge in [0.05, 0.1) is 6.42 Å². The van der Waals surface area contributed by atoms with Crippen LogP contribution in [0.25, 0.3) is 0 Å². The van der Waals surface area contributed by atoms with Crippen molar-refractivity contribution in [2.24, 2.45) is 5.73 Å². The molecule has 2 amide bonds. The first-order chi connectivity index (χ1) is 6.23. The topological polar surface area (TPSA) is 89.3 Å². The highest BCUT2D eigenvalue weighted by Gasteiger charge is 2.22. The number of ketones is 1. The van der Waals surface area contributed by atoms with E-state index < -0.39 is 11.4 Å². The molecule has 0 unspecified atom stereocenters. The van der Waals surface area contributed by atoms with Crippen molar-refractivity contribution in [3.05, 3.63) is 0 Å². The van der Waals surface area contributed by atoms with Gasteiger partial charge in [-0.1, -0.05) is 0 Å². The molecule has 80 valence electrons. The molecule has 0 aromatic heterocycles. The zero-order chi connectivity index (χ0) is 11.4. The maximum Gasteiger partial charge on any atom is 0.227 e. The molecule has 0 aromatic carbocycles. The lowest BCUT2D eigenvalue weighted by Gasteiger charge is -2.24. The van der Waals surface area contributed by atoms with Crippen LogP contribution in [0.3, 0.4) is 0 Å². The van der Waals surface area contributed by atoms with Crippen LogP contribution < -0.4 is 11.1 Å². The van der Waals surface area contributed by atoms with E-state index in [4.69, 9.17) is 5.73 Å². The Morgan fingerprint density at radius 1 is 1.29 bits per heavy atom. The van der Waals surface area contributed by atoms with Crippen molar-refractivity contribution in [1.82, 2.24) is 5.32 Å². The van der Waals surface area contributed by atoms with E-state index in [1.54, 1.807) is 13.8 Å². The molecule has 0 rings (SSSR count). The number of nitrogens with two attached hydrogens (primary N) is 1. The number of Topliss-reactive ketones (excluding diaryl/α,β-unsaturated/α-hetero) is 1. The second kappa shape index (κ2) is 4.74. The lowest BCUT2D eigenvalue weighted by molar-refractivity contribution is -0.128. The smallest absolute Gasteiger partial charge is 0.227 e. The Hall–Kier alpha value is -1.39. The van der Waals surface area contributed by atoms with Crippen LogP contribution in [0.1, 0.15) is 33.6 Å². The zero-order valence-corrected chi connectivity index (χ0v) is 8.72. The normalized spacial score (nSPS) is 10.8. The van der Waals surface area contributed by atoms with Crippen LogP contribution in [0.15, 0.2) is 0 Å². The molecule has 0 spiro atoms. The van der Waals surface area contributed by atoms with Gasteiger partial charge in [-0.2, -0.15) is 0 Å². The summed E-state index contributed by atoms with van der Waals surface area (Å²) in [7, 11) is 0. The van der Waals surface area contributed by atoms with Crippen LogP contribution in [0.4, 0.5) is 0 Å². The first kappa shape index (κ1) is 12.6. The van der Waals surface area contributed by atoms with Gasteiger partial charge < -0.3 is 11.1 Å². The zero-order valence-electron chi connectivity index (χ0n) is 8.72. The molecule has 0 saturated carbocycles. The van der Waals surface area contributed by atoms with Crippen molar-refractivity contribution in [2.75, 3.05) is 0 Å². The molecule has 3 N–H and O–H groups in total. The SMILES string of the molecule is CC(=O)CC(=O)NC(C)(C)CC(N)=O. The molecule has 0 heterocycles. The molecule has 14 heavy (non-hydrogen) atoms. The van der Waals surface area contributed by atoms with Crippen LogP contribution in [-0.2, 0) is 14.4 Å². The Labute approximate surface area is 83.0 Å². The molecule has 5 nitrogen and oxygen atoms in total. The van der Waals surface area contributed by atoms with Gasteiger partial charge in [0.15, 0.2) is 0 Å². The van der Waals surface area contributed by atoms with Crippen molar-refractivity contribution in [3.63, 3.8) is 0 Å². The highest BCUT2D eigenvalue weighted by Crippen LogP contribution is 2.07. The van der Waals surface area contributed by atoms with E-state index in [9.17, 15) is 14.4 Å². The number of primary amides is 1. The summed E-state index contributed by atoms with van der Waals surface area (Å²) in [6.45, 7) is 4.69. The molecule has 0 aliphatic rings. The number of hydrogen-bond acceptors (Lipinski definition) is 3. The summed E-state index contributed by atoms with van der Waals surface area (Å²) in [6.07, 6.45) is -0.112. The highest BCUT2D eigenvalue weighted by molar-refractivity contribution is 5.97. The molecular weight excluding hydrogens is 184 g/mol. The van der Waals surface area contributed by atoms with Gasteiger partial charge in [-0.3, -0.25) is 14.4 Å². The van der Waals surface area contributed by atoms with Crippen LogP contribution in [0.5, 0.6) is 0 Å². The minimum absolute atomic E-state index is 0.0522. The fourth-order valence-electron chi connectivity index (χ4n) is 1.13. The molecule has 0 aliphatic heterocycles. The number of carbonyl (C=O) groups excluding carboxylic acids is 3. The third-order valence-electron chi connectivity index (χ3n) is 1.50. The molecule has 0 atom stereocenters. The molecule has 0 aromatic rings. The van der Waals surface area contributed by atoms with Crippen LogP contribution in [0.2, 0.25) is 0 Å². The highest BCUT2D eigenvalue weighted by atomic mass is 16.2. The van der Waals surface area contributed by atoms with E-state index in [0.717, 1.165) is 0 Å². The maximum absolute atomic E-state index is 11.2. The largest absolute Gasteiger partial charge is 0.370 e. The predicted molar refractivity (Wildman–Crippen MR) is 51.3 cm³/mol. The quantitative estimate of drug-likeness (QED) is 0.599. The second-order valence-corrected chi connectivity index (χ2v) is 3.95. The monoisotopic (exact) mass is 200 g/mol. The average molecular weight is 200 g/mol. The van der Waals surface area contributed by atoms with Crippen molar-refractivity contribution < 1.29 is 14.4 Å². The van der Waals surface area contributed by atoms with E-state index in [1.807, 2.05) is 0 Å². The summed E-state index contributed by atoms with van der Waals surface area (Å²) in [5.41, 5.74) is 4.30. The summed E-state index contributed by atoms with van der Waals surface area (Å²) in [6, 6.07) is 0. The van der Waals surface area contributed by atoms with Gasteiger partial charge in [0.2, 0.25) is 11.8 Å². The Bertz CT molecular complexity index is 259. The molecular formula is C9H16N2O3. The Kier molecular flexibility index (Phi) is 4.27. The fourth-order valence-corrected chi connectivity index (χ4v) is 1.13. The number of rotatable bonds is 5. The third kappa shape index (κ3) is 6.16. The average Bonchev–Trinajstić information content (AvgIpc) is 1.77. The number of nitrogens with one attached hydrogen (secondary N) is 1. The molecule has 0 saturated heterocycles. The summed E-state index contributed by atoms with van der Waals surface area (Å²) >= 11 is 0. The summed E-state index contributed by atoms with van der Waals surface area (Å²) in [5, 5.41) is 2.56. The van der Waals surface area contributed by atoms with Gasteiger partial charge in [0.1, 0.15) is 5.78 Å². The number of carbonyl (C=O) groups is 3. The van der Waals surface area contributed by atoms with Gasteiger partial charge >= 0.3 is 0 Å². The summed E-state index contributed by atoms with van der Waals surface area (Å²) in [5.74, 6) is -1.08. The Morgan fingerprint density at radius 3 is 2.14 bits per heavy atom. The first-order valence-corrected chi connectivity index (χ1v) is 4.32. The minimum Gasteiger partial charge on any atom is -0.370 e. The fraction of sp³-hybridized carbons (Fsp3) is 0.667. The van der Waals surface area contributed by atoms with Crippen molar-refractivity contribution in [3.8, 4) is 0 Å². The first-order valence-electron chi connectivity index (χ1n) is 4.32. The Balaban J connectivity index is 4.14. The van der Waals surface area contributed by atoms with Crippen LogP contribution >= 0.6 is 0 Å². The summed E-state index contributed by atoms with van der Waals surface area (Å²) in [4.78, 5) is 32.4. The van der Waals surface area contributed by atoms with Gasteiger partial charge in [0, 0.05) is 12.0 Å². The molecule has 5 heteroatoms. The van der Waals surface area contributed by atoms with Gasteiger partial charge in [0.25, 0.3) is 0 Å². The molecule has 0 bridgehead atoms. The van der Waals surface area contributed by atoms with Crippen LogP contribution in [-0.4, -0.2) is 23.1 Å². The van der Waals surface area contributed by atoms with E-state index in [0.29, 0.717) is 0 Å². The van der Waals surface area contributed by atoms with Crippen molar-refractivity contribution in [2.45, 2.75) is 39.2 Å². The summed E-state index contributed by atoms with van der Waals surface area (Å²) < 4.78 is 0. The third-order valence-corrected chi connectivity index (χ3v) is 1.50. The minimum atomic E-state index is -0.696. The van der Waals surface area contributed by atoms with Gasteiger partial charge in [-0.15, -0.1) is 0 Å². The van der Waals surface area contributed by atoms with E-state index in [-0.39, 0.29) is 24.5 Å². The van der Waals surface area contributed by atoms with Gasteiger partial charge in [-0.05, 0) is 20.8 Å². The maximum atomic E-state index is 11.2. The van der Waals surface area contributed by atoms with Crippen LogP contribution in [0, 0.1) is 0 Å². The second-order valence-electron chi connectivity index (χ2n) is 3.95. The lowest BCUT2D eigenvalue weighted by Crippen LogP contribution is -2.46. The Morgan fingerprint density at radius 2 is 1.79 bits per heavy atom. The van der Waals surface area contributed by atoms with E-state index in [1.165, 1.54) is 6.92 Å². The molecule has 0 fully saturated rings. The van der Waals surface area contributed by atoms with Gasteiger partial charge in [-0.25, -0.2) is 0 Å². The van der Waals surface area contributed by atoms with Crippen molar-refractivity contribution >= 4 is 17.6 Å². The predicted octanol–water partition coefficient (Wildman–Crippen LogP) is -0.264. The van der Waals surface area contributed by atoms with Crippen molar-refractivity contribution in [1.29, 1.82) is 0 Å². The number of amides is 2. The number of hydrogen-bond donors (Lipinski definition) is 2. The standard InChI is InChI=1S/C9H16N2O3/c1-6(12)4-8(14)11-9(2,3)5-7(10)13/h4-5H2,1-3H3,(H2,10,13)(H,11,14).